The summed E-state index contributed by atoms with van der Waals surface area (Å²) in [6.45, 7) is 4.58. The third-order valence-corrected chi connectivity index (χ3v) is 6.19. The molecule has 0 bridgehead atoms. The Kier molecular flexibility index (Phi) is 3.32. The third kappa shape index (κ3) is 2.68. The maximum absolute atomic E-state index is 4.37. The van der Waals surface area contributed by atoms with Crippen molar-refractivity contribution in [3.8, 4) is 0 Å². The molecule has 2 aliphatic carbocycles. The summed E-state index contributed by atoms with van der Waals surface area (Å²) in [5.74, 6) is 0.740. The van der Waals surface area contributed by atoms with Crippen LogP contribution in [0.1, 0.15) is 42.0 Å². The van der Waals surface area contributed by atoms with Gasteiger partial charge in [-0.2, -0.15) is 5.10 Å². The standard InChI is InChI=1S/C20H26N4/c1-23-19-12-24(11-16(19)10-22-23)14-20(7-8-20)13-21-18-9-17(18)15-5-3-2-4-6-15/h2-6,10,17-18,21H,7-9,11-14H2,1H3/t17-,18+/m1/s1. The van der Waals surface area contributed by atoms with Crippen molar-refractivity contribution in [3.05, 3.63) is 53.3 Å². The smallest absolute Gasteiger partial charge is 0.0566 e. The first kappa shape index (κ1) is 14.7. The summed E-state index contributed by atoms with van der Waals surface area (Å²) >= 11 is 0. The van der Waals surface area contributed by atoms with Crippen molar-refractivity contribution in [2.24, 2.45) is 12.5 Å². The molecule has 2 saturated carbocycles. The summed E-state index contributed by atoms with van der Waals surface area (Å²) in [5.41, 5.74) is 4.86. The van der Waals surface area contributed by atoms with Crippen molar-refractivity contribution in [2.75, 3.05) is 13.1 Å². The minimum absolute atomic E-state index is 0.527. The zero-order chi connectivity index (χ0) is 16.1. The maximum atomic E-state index is 4.37. The summed E-state index contributed by atoms with van der Waals surface area (Å²) in [6.07, 6.45) is 6.12. The summed E-state index contributed by atoms with van der Waals surface area (Å²) in [7, 11) is 2.06. The van der Waals surface area contributed by atoms with Gasteiger partial charge in [-0.25, -0.2) is 0 Å². The molecule has 2 fully saturated rings. The van der Waals surface area contributed by atoms with E-state index < -0.39 is 0 Å². The van der Waals surface area contributed by atoms with Crippen molar-refractivity contribution in [2.45, 2.75) is 44.3 Å². The number of nitrogens with one attached hydrogen (secondary N) is 1. The fourth-order valence-electron chi connectivity index (χ4n) is 4.34. The van der Waals surface area contributed by atoms with E-state index in [1.165, 1.54) is 49.2 Å². The number of hydrogen-bond acceptors (Lipinski definition) is 3. The van der Waals surface area contributed by atoms with E-state index in [0.29, 0.717) is 11.5 Å². The fourth-order valence-corrected chi connectivity index (χ4v) is 4.34. The molecule has 0 saturated heterocycles. The van der Waals surface area contributed by atoms with E-state index in [2.05, 4.69) is 52.7 Å². The highest BCUT2D eigenvalue weighted by atomic mass is 15.3. The first-order valence-corrected chi connectivity index (χ1v) is 9.23. The Morgan fingerprint density at radius 3 is 2.79 bits per heavy atom. The van der Waals surface area contributed by atoms with Gasteiger partial charge < -0.3 is 5.32 Å². The quantitative estimate of drug-likeness (QED) is 0.887. The number of aryl methyl sites for hydroxylation is 1. The van der Waals surface area contributed by atoms with Crippen molar-refractivity contribution in [1.82, 2.24) is 20.0 Å². The molecule has 1 N–H and O–H groups in total. The van der Waals surface area contributed by atoms with Crippen LogP contribution in [-0.4, -0.2) is 33.8 Å². The van der Waals surface area contributed by atoms with Crippen molar-refractivity contribution < 1.29 is 0 Å². The highest BCUT2D eigenvalue weighted by Gasteiger charge is 2.47. The van der Waals surface area contributed by atoms with E-state index in [-0.39, 0.29) is 0 Å². The van der Waals surface area contributed by atoms with Crippen LogP contribution in [0.2, 0.25) is 0 Å². The van der Waals surface area contributed by atoms with Crippen LogP contribution >= 0.6 is 0 Å². The third-order valence-electron chi connectivity index (χ3n) is 6.19. The summed E-state index contributed by atoms with van der Waals surface area (Å²) in [4.78, 5) is 2.61. The molecule has 1 aromatic heterocycles. The molecule has 0 radical (unpaired) electrons. The van der Waals surface area contributed by atoms with E-state index in [1.807, 2.05) is 10.9 Å². The molecule has 3 aliphatic rings. The predicted molar refractivity (Wildman–Crippen MR) is 94.6 cm³/mol. The predicted octanol–water partition coefficient (Wildman–Crippen LogP) is 2.66. The molecule has 2 atom stereocenters. The van der Waals surface area contributed by atoms with Crippen LogP contribution in [0.4, 0.5) is 0 Å². The molecule has 126 valence electrons. The molecule has 24 heavy (non-hydrogen) atoms. The molecule has 0 spiro atoms. The van der Waals surface area contributed by atoms with E-state index >= 15 is 0 Å². The van der Waals surface area contributed by atoms with Crippen LogP contribution in [0.5, 0.6) is 0 Å². The van der Waals surface area contributed by atoms with Gasteiger partial charge in [0.05, 0.1) is 11.9 Å². The Morgan fingerprint density at radius 2 is 2.04 bits per heavy atom. The number of fused-ring (bicyclic) bond motifs is 1. The van der Waals surface area contributed by atoms with E-state index in [9.17, 15) is 0 Å². The number of hydrogen-bond donors (Lipinski definition) is 1. The van der Waals surface area contributed by atoms with Crippen LogP contribution in [0.3, 0.4) is 0 Å². The van der Waals surface area contributed by atoms with Crippen LogP contribution in [-0.2, 0) is 20.1 Å². The molecule has 1 aromatic carbocycles. The lowest BCUT2D eigenvalue weighted by molar-refractivity contribution is 0.215. The normalized spacial score (nSPS) is 27.2. The van der Waals surface area contributed by atoms with E-state index in [0.717, 1.165) is 19.0 Å². The number of nitrogens with zero attached hydrogens (tertiary/aromatic N) is 3. The minimum Gasteiger partial charge on any atom is -0.313 e. The topological polar surface area (TPSA) is 33.1 Å². The molecule has 1 aliphatic heterocycles. The highest BCUT2D eigenvalue weighted by Crippen LogP contribution is 2.48. The molecule has 4 nitrogen and oxygen atoms in total. The zero-order valence-corrected chi connectivity index (χ0v) is 14.4. The number of benzene rings is 1. The molecule has 0 unspecified atom stereocenters. The highest BCUT2D eigenvalue weighted by molar-refractivity contribution is 5.28. The van der Waals surface area contributed by atoms with Gasteiger partial charge in [0.15, 0.2) is 0 Å². The zero-order valence-electron chi connectivity index (χ0n) is 14.4. The van der Waals surface area contributed by atoms with E-state index in [1.54, 1.807) is 0 Å². The summed E-state index contributed by atoms with van der Waals surface area (Å²) < 4.78 is 2.04. The van der Waals surface area contributed by atoms with Gasteiger partial charge >= 0.3 is 0 Å². The molecule has 2 heterocycles. The van der Waals surface area contributed by atoms with Crippen molar-refractivity contribution >= 4 is 0 Å². The lowest BCUT2D eigenvalue weighted by atomic mass is 10.1. The van der Waals surface area contributed by atoms with Crippen molar-refractivity contribution in [1.29, 1.82) is 0 Å². The Labute approximate surface area is 143 Å². The lowest BCUT2D eigenvalue weighted by Gasteiger charge is -2.23. The Bertz CT molecular complexity index is 731. The molecular formula is C20H26N4. The Balaban J connectivity index is 1.13. The second-order valence-electron chi connectivity index (χ2n) is 8.13. The second-order valence-corrected chi connectivity index (χ2v) is 8.13. The largest absolute Gasteiger partial charge is 0.313 e. The van der Waals surface area contributed by atoms with Gasteiger partial charge in [0, 0.05) is 50.7 Å². The maximum Gasteiger partial charge on any atom is 0.0566 e. The molecule has 4 heteroatoms. The van der Waals surface area contributed by atoms with Crippen LogP contribution < -0.4 is 5.32 Å². The van der Waals surface area contributed by atoms with Gasteiger partial charge in [-0.15, -0.1) is 0 Å². The number of aromatic nitrogens is 2. The minimum atomic E-state index is 0.527. The van der Waals surface area contributed by atoms with Gasteiger partial charge in [-0.1, -0.05) is 30.3 Å². The van der Waals surface area contributed by atoms with Gasteiger partial charge in [0.25, 0.3) is 0 Å². The van der Waals surface area contributed by atoms with Gasteiger partial charge in [-0.05, 0) is 30.2 Å². The van der Waals surface area contributed by atoms with Gasteiger partial charge in [0.1, 0.15) is 0 Å². The molecule has 0 amide bonds. The first-order valence-electron chi connectivity index (χ1n) is 9.23. The van der Waals surface area contributed by atoms with E-state index in [4.69, 9.17) is 0 Å². The first-order chi connectivity index (χ1) is 11.7. The SMILES string of the molecule is Cn1ncc2c1CN(CC1(CN[C@H]3C[C@@H]3c3ccccc3)CC1)C2. The summed E-state index contributed by atoms with van der Waals surface area (Å²) in [6, 6.07) is 11.7. The Morgan fingerprint density at radius 1 is 1.21 bits per heavy atom. The Hall–Kier alpha value is -1.65. The second kappa shape index (κ2) is 5.43. The molecular weight excluding hydrogens is 296 g/mol. The van der Waals surface area contributed by atoms with Crippen LogP contribution in [0.15, 0.2) is 36.5 Å². The van der Waals surface area contributed by atoms with Gasteiger partial charge in [-0.3, -0.25) is 9.58 Å². The summed E-state index contributed by atoms with van der Waals surface area (Å²) in [5, 5.41) is 8.23. The monoisotopic (exact) mass is 322 g/mol. The van der Waals surface area contributed by atoms with Gasteiger partial charge in [0.2, 0.25) is 0 Å². The van der Waals surface area contributed by atoms with Crippen LogP contribution in [0.25, 0.3) is 0 Å². The molecule has 2 aromatic rings. The number of rotatable bonds is 6. The average molecular weight is 322 g/mol. The average Bonchev–Trinajstić information content (AvgIpc) is 3.47. The van der Waals surface area contributed by atoms with Crippen LogP contribution in [0, 0.1) is 5.41 Å². The molecule has 5 rings (SSSR count). The fraction of sp³-hybridized carbons (Fsp3) is 0.550. The van der Waals surface area contributed by atoms with Crippen molar-refractivity contribution in [3.63, 3.8) is 0 Å². The lowest BCUT2D eigenvalue weighted by Crippen LogP contribution is -2.35.